The molecule has 0 bridgehead atoms. The van der Waals surface area contributed by atoms with E-state index in [0.717, 1.165) is 17.5 Å². The molecule has 1 aliphatic rings. The lowest BCUT2D eigenvalue weighted by molar-refractivity contribution is -0.105. The van der Waals surface area contributed by atoms with Crippen molar-refractivity contribution in [2.24, 2.45) is 0 Å². The van der Waals surface area contributed by atoms with Crippen molar-refractivity contribution in [2.45, 2.75) is 12.0 Å². The van der Waals surface area contributed by atoms with Gasteiger partial charge in [0, 0.05) is 28.9 Å². The third-order valence-corrected chi connectivity index (χ3v) is 4.72. The molecule has 2 heterocycles. The average molecular weight is 327 g/mol. The molecule has 2 aromatic carbocycles. The number of hydrogen-bond acceptors (Lipinski definition) is 2. The van der Waals surface area contributed by atoms with Crippen LogP contribution in [0.2, 0.25) is 0 Å². The fourth-order valence-electron chi connectivity index (χ4n) is 3.58. The van der Waals surface area contributed by atoms with Crippen molar-refractivity contribution in [1.29, 1.82) is 0 Å². The average Bonchev–Trinajstić information content (AvgIpc) is 3.15. The number of nitrogens with zero attached hydrogens (tertiary/aromatic N) is 1. The molecule has 0 aliphatic carbocycles. The van der Waals surface area contributed by atoms with Gasteiger partial charge in [-0.15, -0.1) is 0 Å². The number of fused-ring (bicyclic) bond motifs is 1. The molecule has 0 amide bonds. The maximum absolute atomic E-state index is 13.3. The van der Waals surface area contributed by atoms with E-state index in [1.54, 1.807) is 0 Å². The first-order chi connectivity index (χ1) is 12.3. The summed E-state index contributed by atoms with van der Waals surface area (Å²) in [6, 6.07) is 22.4. The third kappa shape index (κ3) is 2.64. The number of allylic oxidation sites excluding steroid dienone is 1. The molecule has 0 spiro atoms. The normalized spacial score (nSPS) is 19.0. The van der Waals surface area contributed by atoms with Crippen LogP contribution >= 0.6 is 0 Å². The van der Waals surface area contributed by atoms with Gasteiger partial charge in [0.2, 0.25) is 0 Å². The molecule has 0 radical (unpaired) electrons. The second-order valence-corrected chi connectivity index (χ2v) is 6.17. The Bertz CT molecular complexity index is 938. The van der Waals surface area contributed by atoms with Crippen LogP contribution in [0.3, 0.4) is 0 Å². The van der Waals surface area contributed by atoms with E-state index in [0.29, 0.717) is 11.1 Å². The number of hydrogen-bond donors (Lipinski definition) is 0. The highest BCUT2D eigenvalue weighted by Crippen LogP contribution is 2.41. The van der Waals surface area contributed by atoms with Crippen molar-refractivity contribution in [1.82, 2.24) is 4.57 Å². The first-order valence-electron chi connectivity index (χ1n) is 8.27. The van der Waals surface area contributed by atoms with Gasteiger partial charge in [0.1, 0.15) is 12.3 Å². The highest BCUT2D eigenvalue weighted by Gasteiger charge is 2.37. The van der Waals surface area contributed by atoms with Crippen molar-refractivity contribution >= 4 is 18.1 Å². The van der Waals surface area contributed by atoms with Crippen LogP contribution in [-0.4, -0.2) is 16.6 Å². The van der Waals surface area contributed by atoms with Gasteiger partial charge in [-0.2, -0.15) is 0 Å². The fraction of sp³-hybridized carbons (Fsp3) is 0.0909. The Labute approximate surface area is 146 Å². The lowest BCUT2D eigenvalue weighted by atomic mass is 9.79. The summed E-state index contributed by atoms with van der Waals surface area (Å²) < 4.78 is 1.97. The summed E-state index contributed by atoms with van der Waals surface area (Å²) in [7, 11) is 0. The maximum atomic E-state index is 13.3. The Kier molecular flexibility index (Phi) is 3.90. The van der Waals surface area contributed by atoms with Gasteiger partial charge in [0.05, 0.1) is 0 Å². The highest BCUT2D eigenvalue weighted by atomic mass is 16.1. The zero-order chi connectivity index (χ0) is 17.2. The molecule has 1 aliphatic heterocycles. The van der Waals surface area contributed by atoms with E-state index >= 15 is 0 Å². The zero-order valence-electron chi connectivity index (χ0n) is 13.6. The van der Waals surface area contributed by atoms with E-state index in [1.807, 2.05) is 89.6 Å². The van der Waals surface area contributed by atoms with E-state index in [9.17, 15) is 9.59 Å². The molecule has 3 nitrogen and oxygen atoms in total. The van der Waals surface area contributed by atoms with Crippen LogP contribution in [0.25, 0.3) is 6.08 Å². The minimum atomic E-state index is -0.472. The Morgan fingerprint density at radius 2 is 1.56 bits per heavy atom. The molecule has 3 heteroatoms. The number of rotatable bonds is 4. The van der Waals surface area contributed by atoms with E-state index in [4.69, 9.17) is 0 Å². The molecule has 3 aromatic rings. The summed E-state index contributed by atoms with van der Waals surface area (Å²) >= 11 is 0. The molecule has 2 atom stereocenters. The van der Waals surface area contributed by atoms with Crippen molar-refractivity contribution < 1.29 is 9.59 Å². The smallest absolute Gasteiger partial charge is 0.186 e. The summed E-state index contributed by atoms with van der Waals surface area (Å²) in [5, 5.41) is 0. The first-order valence-corrected chi connectivity index (χ1v) is 8.27. The number of aldehydes is 1. The first kappa shape index (κ1) is 15.3. The maximum Gasteiger partial charge on any atom is 0.186 e. The van der Waals surface area contributed by atoms with Gasteiger partial charge in [-0.1, -0.05) is 60.7 Å². The molecular weight excluding hydrogens is 310 g/mol. The lowest BCUT2D eigenvalue weighted by Gasteiger charge is -2.33. The molecule has 122 valence electrons. The summed E-state index contributed by atoms with van der Waals surface area (Å²) in [5.74, 6) is -0.286. The number of ketones is 1. The quantitative estimate of drug-likeness (QED) is 0.529. The summed E-state index contributed by atoms with van der Waals surface area (Å²) in [6.07, 6.45) is 4.66. The molecule has 25 heavy (non-hydrogen) atoms. The minimum absolute atomic E-state index is 0.0133. The Morgan fingerprint density at radius 3 is 2.24 bits per heavy atom. The van der Waals surface area contributed by atoms with Gasteiger partial charge in [-0.25, -0.2) is 0 Å². The van der Waals surface area contributed by atoms with Crippen molar-refractivity contribution in [2.75, 3.05) is 0 Å². The topological polar surface area (TPSA) is 39.1 Å². The van der Waals surface area contributed by atoms with Crippen LogP contribution in [0.15, 0.2) is 84.6 Å². The van der Waals surface area contributed by atoms with Gasteiger partial charge in [0.25, 0.3) is 0 Å². The van der Waals surface area contributed by atoms with Crippen molar-refractivity contribution in [3.63, 3.8) is 0 Å². The third-order valence-electron chi connectivity index (χ3n) is 4.72. The number of Topliss-reactive ketones (excluding diaryl/α,β-unsaturated/α-hetero) is 1. The standard InChI is InChI=1S/C22H17NO2/c24-15-18-14-19-12-7-13-23(19)21(20(18)16-8-3-1-4-9-16)22(25)17-10-5-2-6-11-17/h1-15,20-21H. The predicted molar refractivity (Wildman–Crippen MR) is 97.5 cm³/mol. The zero-order valence-corrected chi connectivity index (χ0v) is 13.6. The van der Waals surface area contributed by atoms with Gasteiger partial charge in [-0.05, 0) is 23.8 Å². The number of benzene rings is 2. The molecule has 0 saturated heterocycles. The summed E-state index contributed by atoms with van der Waals surface area (Å²) in [4.78, 5) is 25.1. The SMILES string of the molecule is O=CC1=Cc2cccn2C(C(=O)c2ccccc2)C1c1ccccc1. The fourth-order valence-corrected chi connectivity index (χ4v) is 3.58. The number of aromatic nitrogens is 1. The predicted octanol–water partition coefficient (Wildman–Crippen LogP) is 4.29. The second kappa shape index (κ2) is 6.36. The molecule has 4 rings (SSSR count). The van der Waals surface area contributed by atoms with E-state index in [-0.39, 0.29) is 11.7 Å². The molecule has 2 unspecified atom stereocenters. The van der Waals surface area contributed by atoms with Crippen LogP contribution in [0.5, 0.6) is 0 Å². The molecule has 0 fully saturated rings. The minimum Gasteiger partial charge on any atom is -0.336 e. The largest absolute Gasteiger partial charge is 0.336 e. The Morgan fingerprint density at radius 1 is 0.880 bits per heavy atom. The van der Waals surface area contributed by atoms with Crippen LogP contribution in [0.4, 0.5) is 0 Å². The summed E-state index contributed by atoms with van der Waals surface area (Å²) in [6.45, 7) is 0. The van der Waals surface area contributed by atoms with E-state index < -0.39 is 6.04 Å². The number of carbonyl (C=O) groups excluding carboxylic acids is 2. The Balaban J connectivity index is 1.90. The molecule has 0 N–H and O–H groups in total. The molecule has 0 saturated carbocycles. The highest BCUT2D eigenvalue weighted by molar-refractivity contribution is 6.02. The lowest BCUT2D eigenvalue weighted by Crippen LogP contribution is -2.30. The van der Waals surface area contributed by atoms with Crippen LogP contribution in [-0.2, 0) is 4.79 Å². The van der Waals surface area contributed by atoms with E-state index in [2.05, 4.69) is 0 Å². The van der Waals surface area contributed by atoms with Crippen LogP contribution in [0, 0.1) is 0 Å². The number of carbonyl (C=O) groups is 2. The molecule has 1 aromatic heterocycles. The monoisotopic (exact) mass is 327 g/mol. The van der Waals surface area contributed by atoms with Crippen molar-refractivity contribution in [3.8, 4) is 0 Å². The van der Waals surface area contributed by atoms with Gasteiger partial charge >= 0.3 is 0 Å². The molecular formula is C22H17NO2. The Hall–Kier alpha value is -3.20. The second-order valence-electron chi connectivity index (χ2n) is 6.17. The van der Waals surface area contributed by atoms with Crippen LogP contribution in [0.1, 0.15) is 33.6 Å². The summed E-state index contributed by atoms with van der Waals surface area (Å²) in [5.41, 5.74) is 3.13. The van der Waals surface area contributed by atoms with E-state index in [1.165, 1.54) is 0 Å². The van der Waals surface area contributed by atoms with Crippen molar-refractivity contribution in [3.05, 3.63) is 101 Å². The van der Waals surface area contributed by atoms with Gasteiger partial charge in [0.15, 0.2) is 5.78 Å². The van der Waals surface area contributed by atoms with Gasteiger partial charge in [-0.3, -0.25) is 9.59 Å². The van der Waals surface area contributed by atoms with Gasteiger partial charge < -0.3 is 4.57 Å². The van der Waals surface area contributed by atoms with Crippen LogP contribution < -0.4 is 0 Å².